The quantitative estimate of drug-likeness (QED) is 0.816. The molecular weight excluding hydrogens is 218 g/mol. The van der Waals surface area contributed by atoms with Gasteiger partial charge in [0.1, 0.15) is 5.54 Å². The van der Waals surface area contributed by atoms with Gasteiger partial charge in [-0.3, -0.25) is 9.48 Å². The van der Waals surface area contributed by atoms with Gasteiger partial charge in [0, 0.05) is 19.3 Å². The molecule has 2 rings (SSSR count). The molecule has 1 saturated heterocycles. The number of aryl methyl sites for hydroxylation is 1. The summed E-state index contributed by atoms with van der Waals surface area (Å²) in [5, 5.41) is 13.7. The molecule has 0 radical (unpaired) electrons. The lowest BCUT2D eigenvalue weighted by molar-refractivity contribution is -0.139. The van der Waals surface area contributed by atoms with Crippen molar-refractivity contribution in [1.82, 2.24) is 14.7 Å². The van der Waals surface area contributed by atoms with Gasteiger partial charge in [-0.25, -0.2) is 0 Å². The molecule has 1 fully saturated rings. The van der Waals surface area contributed by atoms with Gasteiger partial charge < -0.3 is 10.0 Å². The molecule has 1 atom stereocenters. The summed E-state index contributed by atoms with van der Waals surface area (Å²) in [6.07, 6.45) is 3.90. The molecule has 2 heterocycles. The molecule has 1 aromatic heterocycles. The van der Waals surface area contributed by atoms with Crippen LogP contribution in [-0.2, 0) is 10.3 Å². The highest BCUT2D eigenvalue weighted by atomic mass is 16.3. The second-order valence-electron chi connectivity index (χ2n) is 5.21. The van der Waals surface area contributed by atoms with Crippen molar-refractivity contribution in [2.75, 3.05) is 13.1 Å². The molecule has 1 aliphatic heterocycles. The van der Waals surface area contributed by atoms with Crippen molar-refractivity contribution in [3.8, 4) is 0 Å². The summed E-state index contributed by atoms with van der Waals surface area (Å²) in [5.74, 6) is 0.0113. The maximum absolute atomic E-state index is 12.4. The predicted octanol–water partition coefficient (Wildman–Crippen LogP) is 0.520. The van der Waals surface area contributed by atoms with E-state index in [0.29, 0.717) is 19.5 Å². The number of aliphatic hydroxyl groups excluding tert-OH is 1. The normalized spacial score (nSPS) is 20.9. The zero-order valence-corrected chi connectivity index (χ0v) is 10.6. The number of hydrogen-bond donors (Lipinski definition) is 1. The zero-order chi connectivity index (χ0) is 12.6. The SMILES string of the molecule is Cc1cnn(C(C)(C)C(=O)N2CCC(O)C2)c1. The first-order valence-corrected chi connectivity index (χ1v) is 5.90. The van der Waals surface area contributed by atoms with E-state index in [1.807, 2.05) is 27.0 Å². The molecule has 5 nitrogen and oxygen atoms in total. The van der Waals surface area contributed by atoms with E-state index in [1.165, 1.54) is 0 Å². The highest BCUT2D eigenvalue weighted by Crippen LogP contribution is 2.21. The van der Waals surface area contributed by atoms with E-state index in [9.17, 15) is 9.90 Å². The Morgan fingerprint density at radius 3 is 2.76 bits per heavy atom. The van der Waals surface area contributed by atoms with Crippen LogP contribution in [0.2, 0.25) is 0 Å². The molecule has 0 bridgehead atoms. The van der Waals surface area contributed by atoms with Crippen molar-refractivity contribution in [2.24, 2.45) is 0 Å². The van der Waals surface area contributed by atoms with Crippen LogP contribution in [0, 0.1) is 6.92 Å². The van der Waals surface area contributed by atoms with Crippen LogP contribution in [0.4, 0.5) is 0 Å². The van der Waals surface area contributed by atoms with Gasteiger partial charge >= 0.3 is 0 Å². The molecule has 1 amide bonds. The van der Waals surface area contributed by atoms with Crippen molar-refractivity contribution in [3.05, 3.63) is 18.0 Å². The number of aromatic nitrogens is 2. The van der Waals surface area contributed by atoms with E-state index in [0.717, 1.165) is 5.56 Å². The number of rotatable bonds is 2. The lowest BCUT2D eigenvalue weighted by Gasteiger charge is -2.29. The van der Waals surface area contributed by atoms with Crippen LogP contribution in [0.25, 0.3) is 0 Å². The summed E-state index contributed by atoms with van der Waals surface area (Å²) < 4.78 is 1.69. The monoisotopic (exact) mass is 237 g/mol. The first-order chi connectivity index (χ1) is 7.91. The third kappa shape index (κ3) is 2.20. The first kappa shape index (κ1) is 12.1. The maximum Gasteiger partial charge on any atom is 0.250 e. The molecular formula is C12H19N3O2. The van der Waals surface area contributed by atoms with Gasteiger partial charge in [0.05, 0.1) is 12.3 Å². The van der Waals surface area contributed by atoms with Crippen LogP contribution in [0.3, 0.4) is 0 Å². The number of nitrogens with zero attached hydrogens (tertiary/aromatic N) is 3. The van der Waals surface area contributed by atoms with E-state index in [2.05, 4.69) is 5.10 Å². The van der Waals surface area contributed by atoms with E-state index < -0.39 is 5.54 Å². The summed E-state index contributed by atoms with van der Waals surface area (Å²) in [6, 6.07) is 0. The Bertz CT molecular complexity index is 425. The zero-order valence-electron chi connectivity index (χ0n) is 10.6. The van der Waals surface area contributed by atoms with Crippen LogP contribution in [0.5, 0.6) is 0 Å². The molecule has 0 spiro atoms. The minimum Gasteiger partial charge on any atom is -0.391 e. The Balaban J connectivity index is 2.17. The molecule has 0 aliphatic carbocycles. The van der Waals surface area contributed by atoms with Crippen molar-refractivity contribution >= 4 is 5.91 Å². The fourth-order valence-corrected chi connectivity index (χ4v) is 2.13. The molecule has 1 unspecified atom stereocenters. The largest absolute Gasteiger partial charge is 0.391 e. The Kier molecular flexibility index (Phi) is 2.95. The standard InChI is InChI=1S/C12H19N3O2/c1-9-6-13-15(7-9)12(2,3)11(17)14-5-4-10(16)8-14/h6-7,10,16H,4-5,8H2,1-3H3. The van der Waals surface area contributed by atoms with Crippen LogP contribution < -0.4 is 0 Å². The molecule has 1 N–H and O–H groups in total. The van der Waals surface area contributed by atoms with Gasteiger partial charge in [-0.15, -0.1) is 0 Å². The molecule has 0 aromatic carbocycles. The van der Waals surface area contributed by atoms with Gasteiger partial charge in [-0.1, -0.05) is 0 Å². The average Bonchev–Trinajstić information content (AvgIpc) is 2.86. The predicted molar refractivity (Wildman–Crippen MR) is 63.5 cm³/mol. The molecule has 17 heavy (non-hydrogen) atoms. The average molecular weight is 237 g/mol. The number of aliphatic hydroxyl groups is 1. The fourth-order valence-electron chi connectivity index (χ4n) is 2.13. The lowest BCUT2D eigenvalue weighted by Crippen LogP contribution is -2.46. The minimum atomic E-state index is -0.696. The molecule has 1 aromatic rings. The highest BCUT2D eigenvalue weighted by Gasteiger charge is 2.37. The number of likely N-dealkylation sites (tertiary alicyclic amines) is 1. The second-order valence-corrected chi connectivity index (χ2v) is 5.21. The van der Waals surface area contributed by atoms with Crippen molar-refractivity contribution in [2.45, 2.75) is 38.8 Å². The Morgan fingerprint density at radius 1 is 1.59 bits per heavy atom. The first-order valence-electron chi connectivity index (χ1n) is 5.90. The third-order valence-electron chi connectivity index (χ3n) is 3.26. The molecule has 1 aliphatic rings. The second kappa shape index (κ2) is 4.14. The Hall–Kier alpha value is -1.36. The lowest BCUT2D eigenvalue weighted by atomic mass is 10.0. The van der Waals surface area contributed by atoms with Crippen LogP contribution in [-0.4, -0.2) is 44.9 Å². The summed E-state index contributed by atoms with van der Waals surface area (Å²) in [4.78, 5) is 14.1. The number of amides is 1. The maximum atomic E-state index is 12.4. The van der Waals surface area contributed by atoms with Crippen LogP contribution >= 0.6 is 0 Å². The van der Waals surface area contributed by atoms with Gasteiger partial charge in [0.25, 0.3) is 0 Å². The molecule has 0 saturated carbocycles. The number of carbonyl (C=O) groups excluding carboxylic acids is 1. The summed E-state index contributed by atoms with van der Waals surface area (Å²) in [5.41, 5.74) is 0.338. The molecule has 94 valence electrons. The third-order valence-corrected chi connectivity index (χ3v) is 3.26. The number of β-amino-alcohol motifs (C(OH)–C–C–N with tert-alkyl or cyclic N) is 1. The van der Waals surface area contributed by atoms with Crippen molar-refractivity contribution in [1.29, 1.82) is 0 Å². The number of carbonyl (C=O) groups is 1. The smallest absolute Gasteiger partial charge is 0.250 e. The van der Waals surface area contributed by atoms with E-state index in [4.69, 9.17) is 0 Å². The highest BCUT2D eigenvalue weighted by molar-refractivity contribution is 5.83. The summed E-state index contributed by atoms with van der Waals surface area (Å²) in [7, 11) is 0. The van der Waals surface area contributed by atoms with Gasteiger partial charge in [0.15, 0.2) is 0 Å². The van der Waals surface area contributed by atoms with Crippen molar-refractivity contribution < 1.29 is 9.90 Å². The van der Waals surface area contributed by atoms with E-state index in [1.54, 1.807) is 15.8 Å². The Morgan fingerprint density at radius 2 is 2.29 bits per heavy atom. The van der Waals surface area contributed by atoms with E-state index >= 15 is 0 Å². The van der Waals surface area contributed by atoms with Crippen molar-refractivity contribution in [3.63, 3.8) is 0 Å². The number of hydrogen-bond acceptors (Lipinski definition) is 3. The summed E-state index contributed by atoms with van der Waals surface area (Å²) >= 11 is 0. The fraction of sp³-hybridized carbons (Fsp3) is 0.667. The van der Waals surface area contributed by atoms with Gasteiger partial charge in [-0.2, -0.15) is 5.10 Å². The van der Waals surface area contributed by atoms with E-state index in [-0.39, 0.29) is 12.0 Å². The van der Waals surface area contributed by atoms with Crippen LogP contribution in [0.1, 0.15) is 25.8 Å². The van der Waals surface area contributed by atoms with Crippen LogP contribution in [0.15, 0.2) is 12.4 Å². The van der Waals surface area contributed by atoms with Gasteiger partial charge in [-0.05, 0) is 32.8 Å². The Labute approximate surface area is 101 Å². The summed E-state index contributed by atoms with van der Waals surface area (Å²) in [6.45, 7) is 6.72. The molecule has 5 heteroatoms. The minimum absolute atomic E-state index is 0.0113. The van der Waals surface area contributed by atoms with Gasteiger partial charge in [0.2, 0.25) is 5.91 Å². The topological polar surface area (TPSA) is 58.4 Å².